The lowest BCUT2D eigenvalue weighted by Crippen LogP contribution is -2.52. The summed E-state index contributed by atoms with van der Waals surface area (Å²) >= 11 is 3.41. The van der Waals surface area contributed by atoms with Gasteiger partial charge in [0.05, 0.1) is 4.90 Å². The fourth-order valence-corrected chi connectivity index (χ4v) is 4.30. The van der Waals surface area contributed by atoms with Crippen molar-refractivity contribution in [3.05, 3.63) is 28.2 Å². The zero-order valence-electron chi connectivity index (χ0n) is 12.1. The first-order chi connectivity index (χ1) is 9.36. The summed E-state index contributed by atoms with van der Waals surface area (Å²) < 4.78 is 28.0. The van der Waals surface area contributed by atoms with Crippen molar-refractivity contribution in [3.63, 3.8) is 0 Å². The molecule has 1 heterocycles. The van der Waals surface area contributed by atoms with Crippen molar-refractivity contribution in [2.24, 2.45) is 0 Å². The molecule has 6 heteroatoms. The molecule has 20 heavy (non-hydrogen) atoms. The van der Waals surface area contributed by atoms with Gasteiger partial charge in [0.2, 0.25) is 10.0 Å². The summed E-state index contributed by atoms with van der Waals surface area (Å²) in [7, 11) is -1.32. The Kier molecular flexibility index (Phi) is 4.89. The molecule has 0 aliphatic carbocycles. The van der Waals surface area contributed by atoms with Gasteiger partial charge in [-0.2, -0.15) is 4.31 Å². The van der Waals surface area contributed by atoms with E-state index in [0.29, 0.717) is 24.0 Å². The van der Waals surface area contributed by atoms with E-state index >= 15 is 0 Å². The van der Waals surface area contributed by atoms with E-state index in [-0.39, 0.29) is 0 Å². The Morgan fingerprint density at radius 1 is 1.35 bits per heavy atom. The van der Waals surface area contributed by atoms with Crippen molar-refractivity contribution in [1.29, 1.82) is 0 Å². The molecule has 1 aromatic carbocycles. The van der Waals surface area contributed by atoms with Gasteiger partial charge in [0.1, 0.15) is 0 Å². The summed E-state index contributed by atoms with van der Waals surface area (Å²) in [5.41, 5.74) is 0.937. The van der Waals surface area contributed by atoms with Crippen molar-refractivity contribution < 1.29 is 8.42 Å². The smallest absolute Gasteiger partial charge is 0.243 e. The van der Waals surface area contributed by atoms with Crippen LogP contribution in [0.4, 0.5) is 0 Å². The lowest BCUT2D eigenvalue weighted by Gasteiger charge is -2.38. The second kappa shape index (κ2) is 6.13. The zero-order valence-corrected chi connectivity index (χ0v) is 14.5. The number of aryl methyl sites for hydroxylation is 1. The molecule has 1 saturated heterocycles. The monoisotopic (exact) mass is 360 g/mol. The maximum Gasteiger partial charge on any atom is 0.243 e. The SMILES string of the molecule is CCC1CN(S(=O)(=O)c2ccc(Br)c(C)c2)CCN1C. The van der Waals surface area contributed by atoms with Gasteiger partial charge in [0.25, 0.3) is 0 Å². The average Bonchev–Trinajstić information content (AvgIpc) is 2.42. The van der Waals surface area contributed by atoms with Crippen LogP contribution < -0.4 is 0 Å². The van der Waals surface area contributed by atoms with Gasteiger partial charge in [-0.3, -0.25) is 0 Å². The summed E-state index contributed by atoms with van der Waals surface area (Å²) in [6.45, 7) is 5.92. The molecular weight excluding hydrogens is 340 g/mol. The van der Waals surface area contributed by atoms with Gasteiger partial charge in [-0.05, 0) is 44.2 Å². The molecule has 112 valence electrons. The zero-order chi connectivity index (χ0) is 14.9. The van der Waals surface area contributed by atoms with Gasteiger partial charge in [-0.1, -0.05) is 22.9 Å². The molecule has 0 aromatic heterocycles. The van der Waals surface area contributed by atoms with Gasteiger partial charge in [-0.15, -0.1) is 0 Å². The van der Waals surface area contributed by atoms with E-state index in [0.717, 1.165) is 23.0 Å². The molecule has 0 saturated carbocycles. The van der Waals surface area contributed by atoms with Crippen molar-refractivity contribution in [2.45, 2.75) is 31.2 Å². The number of hydrogen-bond acceptors (Lipinski definition) is 3. The molecule has 1 aromatic rings. The van der Waals surface area contributed by atoms with Crippen LogP contribution >= 0.6 is 15.9 Å². The van der Waals surface area contributed by atoms with E-state index in [1.807, 2.05) is 6.92 Å². The van der Waals surface area contributed by atoms with Crippen molar-refractivity contribution in [3.8, 4) is 0 Å². The normalized spacial score (nSPS) is 22.1. The minimum Gasteiger partial charge on any atom is -0.301 e. The topological polar surface area (TPSA) is 40.6 Å². The van der Waals surface area contributed by atoms with E-state index in [9.17, 15) is 8.42 Å². The lowest BCUT2D eigenvalue weighted by atomic mass is 10.1. The van der Waals surface area contributed by atoms with Crippen molar-refractivity contribution in [1.82, 2.24) is 9.21 Å². The first kappa shape index (κ1) is 15.9. The Morgan fingerprint density at radius 2 is 2.05 bits per heavy atom. The fraction of sp³-hybridized carbons (Fsp3) is 0.571. The number of piperazine rings is 1. The maximum atomic E-state index is 12.7. The van der Waals surface area contributed by atoms with Crippen molar-refractivity contribution in [2.75, 3.05) is 26.7 Å². The van der Waals surface area contributed by atoms with E-state index in [4.69, 9.17) is 0 Å². The summed E-state index contributed by atoms with van der Waals surface area (Å²) in [6.07, 6.45) is 0.960. The molecule has 0 bridgehead atoms. The second-order valence-corrected chi connectivity index (χ2v) is 8.11. The minimum absolute atomic E-state index is 0.301. The fourth-order valence-electron chi connectivity index (χ4n) is 2.50. The third-order valence-electron chi connectivity index (χ3n) is 3.98. The van der Waals surface area contributed by atoms with Crippen LogP contribution in [0.3, 0.4) is 0 Å². The molecule has 1 unspecified atom stereocenters. The molecule has 0 spiro atoms. The number of hydrogen-bond donors (Lipinski definition) is 0. The molecule has 0 amide bonds. The quantitative estimate of drug-likeness (QED) is 0.831. The minimum atomic E-state index is -3.38. The molecule has 0 N–H and O–H groups in total. The van der Waals surface area contributed by atoms with Crippen LogP contribution in [0.1, 0.15) is 18.9 Å². The van der Waals surface area contributed by atoms with Gasteiger partial charge >= 0.3 is 0 Å². The molecular formula is C14H21BrN2O2S. The second-order valence-electron chi connectivity index (χ2n) is 5.32. The standard InChI is InChI=1S/C14H21BrN2O2S/c1-4-12-10-17(8-7-16(12)3)20(18,19)13-5-6-14(15)11(2)9-13/h5-6,9,12H,4,7-8,10H2,1-3H3. The predicted octanol–water partition coefficient (Wildman–Crippen LogP) is 2.47. The van der Waals surface area contributed by atoms with E-state index < -0.39 is 10.0 Å². The first-order valence-corrected chi connectivity index (χ1v) is 9.06. The molecule has 1 fully saturated rings. The van der Waals surface area contributed by atoms with Crippen LogP contribution in [0.15, 0.2) is 27.6 Å². The third kappa shape index (κ3) is 3.08. The predicted molar refractivity (Wildman–Crippen MR) is 84.3 cm³/mol. The number of benzene rings is 1. The van der Waals surface area contributed by atoms with Crippen LogP contribution in [0.2, 0.25) is 0 Å². The first-order valence-electron chi connectivity index (χ1n) is 6.82. The van der Waals surface area contributed by atoms with Crippen LogP contribution in [0.5, 0.6) is 0 Å². The molecule has 4 nitrogen and oxygen atoms in total. The summed E-state index contributed by atoms with van der Waals surface area (Å²) in [5, 5.41) is 0. The van der Waals surface area contributed by atoms with E-state index in [1.54, 1.807) is 22.5 Å². The lowest BCUT2D eigenvalue weighted by molar-refractivity contribution is 0.144. The maximum absolute atomic E-state index is 12.7. The number of halogens is 1. The third-order valence-corrected chi connectivity index (χ3v) is 6.73. The Morgan fingerprint density at radius 3 is 2.65 bits per heavy atom. The van der Waals surface area contributed by atoms with Gasteiger partial charge < -0.3 is 4.90 Å². The van der Waals surface area contributed by atoms with Gasteiger partial charge in [0.15, 0.2) is 0 Å². The average molecular weight is 361 g/mol. The number of rotatable bonds is 3. The highest BCUT2D eigenvalue weighted by molar-refractivity contribution is 9.10. The van der Waals surface area contributed by atoms with Crippen molar-refractivity contribution >= 4 is 26.0 Å². The number of nitrogens with zero attached hydrogens (tertiary/aromatic N) is 2. The largest absolute Gasteiger partial charge is 0.301 e. The molecule has 2 rings (SSSR count). The van der Waals surface area contributed by atoms with Gasteiger partial charge in [0, 0.05) is 30.1 Å². The number of likely N-dealkylation sites (N-methyl/N-ethyl adjacent to an activating group) is 1. The molecule has 0 radical (unpaired) electrons. The Hall–Kier alpha value is -0.430. The van der Waals surface area contributed by atoms with Crippen LogP contribution in [0, 0.1) is 6.92 Å². The summed E-state index contributed by atoms with van der Waals surface area (Å²) in [4.78, 5) is 2.62. The van der Waals surface area contributed by atoms with Crippen LogP contribution in [-0.4, -0.2) is 50.3 Å². The van der Waals surface area contributed by atoms with Gasteiger partial charge in [-0.25, -0.2) is 8.42 Å². The highest BCUT2D eigenvalue weighted by Crippen LogP contribution is 2.24. The van der Waals surface area contributed by atoms with Crippen LogP contribution in [-0.2, 0) is 10.0 Å². The summed E-state index contributed by atoms with van der Waals surface area (Å²) in [5.74, 6) is 0. The van der Waals surface area contributed by atoms with Crippen LogP contribution in [0.25, 0.3) is 0 Å². The highest BCUT2D eigenvalue weighted by Gasteiger charge is 2.31. The van der Waals surface area contributed by atoms with E-state index in [2.05, 4.69) is 34.8 Å². The highest BCUT2D eigenvalue weighted by atomic mass is 79.9. The molecule has 1 aliphatic heterocycles. The Labute approximate surface area is 129 Å². The Bertz CT molecular complexity index is 589. The number of sulfonamides is 1. The van der Waals surface area contributed by atoms with E-state index in [1.165, 1.54) is 0 Å². The molecule has 1 aliphatic rings. The molecule has 1 atom stereocenters. The Balaban J connectivity index is 2.28. The summed E-state index contributed by atoms with van der Waals surface area (Å²) in [6, 6.07) is 5.51.